The van der Waals surface area contributed by atoms with Gasteiger partial charge in [-0.05, 0) is 0 Å². The standard InChI is InChI=1S/In.H3O4P.O.Sn.3H/c;1-5(2,3)4;;;;;/h;(H3,1,2,3,4);;;;;. The van der Waals surface area contributed by atoms with Gasteiger partial charge in [-0.25, -0.2) is 4.57 Å². The molecule has 0 heterocycles. The van der Waals surface area contributed by atoms with E-state index < -0.39 is 7.82 Å². The fraction of sp³-hybridized carbons (Fsp3) is 0. The molecule has 0 amide bonds. The van der Waals surface area contributed by atoms with E-state index in [9.17, 15) is 0 Å². The zero-order valence-corrected chi connectivity index (χ0v) is 6.85. The van der Waals surface area contributed by atoms with Crippen molar-refractivity contribution in [3.05, 3.63) is 0 Å². The van der Waals surface area contributed by atoms with Gasteiger partial charge in [-0.1, -0.05) is 0 Å². The first-order chi connectivity index (χ1) is 3.00. The Labute approximate surface area is 78.0 Å². The van der Waals surface area contributed by atoms with Crippen LogP contribution < -0.4 is 0 Å². The van der Waals surface area contributed by atoms with Gasteiger partial charge in [0.05, 0.1) is 0 Å². The molecular formula is H6InO5PSn. The van der Waals surface area contributed by atoms with E-state index >= 15 is 0 Å². The Balaban J connectivity index is -0.0000000750. The quantitative estimate of drug-likeness (QED) is 0.329. The van der Waals surface area contributed by atoms with Gasteiger partial charge in [-0.3, -0.25) is 0 Å². The Bertz CT molecular complexity index is 68.2. The molecule has 0 saturated carbocycles. The fourth-order valence-corrected chi connectivity index (χ4v) is 0. The van der Waals surface area contributed by atoms with E-state index in [0.717, 1.165) is 0 Å². The zero-order chi connectivity index (χ0) is 6.50. The van der Waals surface area contributed by atoms with Crippen LogP contribution in [-0.2, 0) is 7.64 Å². The van der Waals surface area contributed by atoms with Gasteiger partial charge in [-0.2, -0.15) is 0 Å². The molecule has 0 aromatic carbocycles. The van der Waals surface area contributed by atoms with Gasteiger partial charge in [-0.15, -0.1) is 0 Å². The Hall–Kier alpha value is 1.58. The number of hydrogen-bond donors (Lipinski definition) is 3. The molecule has 3 N–H and O–H groups in total. The summed E-state index contributed by atoms with van der Waals surface area (Å²) in [5.41, 5.74) is 0. The van der Waals surface area contributed by atoms with Crippen molar-refractivity contribution in [2.45, 2.75) is 0 Å². The molecule has 0 aromatic rings. The van der Waals surface area contributed by atoms with Gasteiger partial charge in [0.1, 0.15) is 0 Å². The minimum absolute atomic E-state index is 0. The molecule has 5 nitrogen and oxygen atoms in total. The van der Waals surface area contributed by atoms with Gasteiger partial charge in [0.25, 0.3) is 0 Å². The summed E-state index contributed by atoms with van der Waals surface area (Å²) in [4.78, 5) is 21.6. The van der Waals surface area contributed by atoms with Crippen molar-refractivity contribution in [2.75, 3.05) is 0 Å². The van der Waals surface area contributed by atoms with Crippen LogP contribution in [0.3, 0.4) is 0 Å². The molecule has 2 radical (unpaired) electrons. The van der Waals surface area contributed by atoms with Gasteiger partial charge in [0.2, 0.25) is 0 Å². The third-order valence-corrected chi connectivity index (χ3v) is 0. The van der Waals surface area contributed by atoms with Crippen molar-refractivity contribution in [1.82, 2.24) is 0 Å². The summed E-state index contributed by atoms with van der Waals surface area (Å²) in [6.07, 6.45) is 0. The van der Waals surface area contributed by atoms with Crippen LogP contribution in [-0.4, -0.2) is 63.0 Å². The molecule has 0 rings (SSSR count). The predicted octanol–water partition coefficient (Wildman–Crippen LogP) is -2.61. The molecule has 0 aliphatic carbocycles. The molecule has 0 aliphatic heterocycles. The molecule has 0 fully saturated rings. The molecule has 0 spiro atoms. The second kappa shape index (κ2) is 8.58. The van der Waals surface area contributed by atoms with Crippen molar-refractivity contribution in [3.8, 4) is 0 Å². The van der Waals surface area contributed by atoms with Crippen LogP contribution in [0.5, 0.6) is 0 Å². The average Bonchev–Trinajstić information content (AvgIpc) is 1.36. The van der Waals surface area contributed by atoms with Crippen LogP contribution in [0.4, 0.5) is 0 Å². The first-order valence-electron chi connectivity index (χ1n) is 0.987. The average molecular weight is 351 g/mol. The Morgan fingerprint density at radius 1 is 1.12 bits per heavy atom. The van der Waals surface area contributed by atoms with E-state index in [0.29, 0.717) is 22.5 Å². The summed E-state index contributed by atoms with van der Waals surface area (Å²) in [7, 11) is -4.64. The van der Waals surface area contributed by atoms with Crippen LogP contribution in [0.25, 0.3) is 0 Å². The fourth-order valence-electron chi connectivity index (χ4n) is 0. The van der Waals surface area contributed by atoms with Gasteiger partial charge >= 0.3 is 59.3 Å². The maximum absolute atomic E-state index is 8.88. The van der Waals surface area contributed by atoms with Crippen LogP contribution in [0, 0.1) is 0 Å². The molecule has 48 valence electrons. The molecule has 8 heavy (non-hydrogen) atoms. The summed E-state index contributed by atoms with van der Waals surface area (Å²) in [5, 5.41) is 0. The van der Waals surface area contributed by atoms with E-state index in [1.165, 1.54) is 0 Å². The zero-order valence-electron chi connectivity index (χ0n) is 3.11. The van der Waals surface area contributed by atoms with Crippen molar-refractivity contribution in [3.63, 3.8) is 0 Å². The third kappa shape index (κ3) is 132. The SMILES string of the molecule is O=P(O)(O)O.[InH3].[O]=[Sn]. The third-order valence-electron chi connectivity index (χ3n) is 0. The number of phosphoric acid groups is 1. The normalized spacial score (nSPS) is 7.88. The Morgan fingerprint density at radius 3 is 1.12 bits per heavy atom. The van der Waals surface area contributed by atoms with Gasteiger partial charge in [0.15, 0.2) is 0 Å². The predicted molar refractivity (Wildman–Crippen MR) is 30.6 cm³/mol. The minimum atomic E-state index is -4.64. The first-order valence-corrected chi connectivity index (χ1v) is 3.72. The molecule has 0 aromatic heterocycles. The van der Waals surface area contributed by atoms with Crippen LogP contribution in [0.2, 0.25) is 0 Å². The molecule has 0 atom stereocenters. The number of hydrogen-bond acceptors (Lipinski definition) is 2. The van der Waals surface area contributed by atoms with Gasteiger partial charge < -0.3 is 14.7 Å². The summed E-state index contributed by atoms with van der Waals surface area (Å²) < 4.78 is 17.2. The summed E-state index contributed by atoms with van der Waals surface area (Å²) in [5.74, 6) is 0. The van der Waals surface area contributed by atoms with E-state index in [1.54, 1.807) is 0 Å². The van der Waals surface area contributed by atoms with Crippen LogP contribution in [0.1, 0.15) is 0 Å². The monoisotopic (exact) mass is 352 g/mol. The maximum atomic E-state index is 8.88. The molecule has 0 saturated heterocycles. The molecular weight excluding hydrogens is 344 g/mol. The molecule has 0 bridgehead atoms. The van der Waals surface area contributed by atoms with Crippen molar-refractivity contribution in [2.24, 2.45) is 0 Å². The van der Waals surface area contributed by atoms with Crippen molar-refractivity contribution < 1.29 is 22.3 Å². The van der Waals surface area contributed by atoms with E-state index in [1.807, 2.05) is 0 Å². The summed E-state index contributed by atoms with van der Waals surface area (Å²) in [6.45, 7) is 0. The first kappa shape index (κ1) is 16.3. The Morgan fingerprint density at radius 2 is 1.12 bits per heavy atom. The topological polar surface area (TPSA) is 94.8 Å². The van der Waals surface area contributed by atoms with E-state index in [4.69, 9.17) is 22.3 Å². The van der Waals surface area contributed by atoms with Crippen LogP contribution >= 0.6 is 7.82 Å². The van der Waals surface area contributed by atoms with Gasteiger partial charge in [0, 0.05) is 0 Å². The summed E-state index contributed by atoms with van der Waals surface area (Å²) in [6, 6.07) is 0. The van der Waals surface area contributed by atoms with Crippen LogP contribution in [0.15, 0.2) is 0 Å². The Kier molecular flexibility index (Phi) is 17.5. The van der Waals surface area contributed by atoms with Crippen molar-refractivity contribution >= 4 is 56.2 Å². The van der Waals surface area contributed by atoms with Crippen molar-refractivity contribution in [1.29, 1.82) is 0 Å². The molecule has 0 aliphatic rings. The van der Waals surface area contributed by atoms with E-state index in [2.05, 4.69) is 0 Å². The second-order valence-corrected chi connectivity index (χ2v) is 1.54. The number of rotatable bonds is 0. The molecule has 8 heteroatoms. The van der Waals surface area contributed by atoms with E-state index in [-0.39, 0.29) is 25.8 Å². The summed E-state index contributed by atoms with van der Waals surface area (Å²) >= 11 is 0.300. The molecule has 0 unspecified atom stereocenters. The second-order valence-electron chi connectivity index (χ2n) is 0.513.